The number of unbranched alkanes of at least 4 members (excludes halogenated alkanes) is 37. The molecule has 0 radical (unpaired) electrons. The predicted octanol–water partition coefficient (Wildman–Crippen LogP) is 16.5. The number of carbonyl (C=O) groups is 2. The van der Waals surface area contributed by atoms with E-state index in [-0.39, 0.29) is 19.4 Å². The Kier molecular flexibility index (Phi) is 46.3. The Hall–Kier alpha value is -1.21. The molecule has 0 heterocycles. The molecule has 0 aliphatic heterocycles. The molecule has 0 saturated carbocycles. The molecular formula is C51H99O8P. The fraction of sp³-hybridized carbons (Fsp3) is 0.922. The molecule has 0 unspecified atom stereocenters. The van der Waals surface area contributed by atoms with Crippen molar-refractivity contribution in [3.8, 4) is 0 Å². The van der Waals surface area contributed by atoms with Crippen molar-refractivity contribution in [3.05, 3.63) is 12.2 Å². The summed E-state index contributed by atoms with van der Waals surface area (Å²) in [6.45, 7) is 3.74. The van der Waals surface area contributed by atoms with Crippen molar-refractivity contribution < 1.29 is 37.9 Å². The third-order valence-electron chi connectivity index (χ3n) is 11.8. The molecule has 356 valence electrons. The van der Waals surface area contributed by atoms with E-state index in [1.807, 2.05) is 0 Å². The van der Waals surface area contributed by atoms with Gasteiger partial charge in [0.05, 0.1) is 6.61 Å². The molecule has 0 aromatic carbocycles. The van der Waals surface area contributed by atoms with E-state index >= 15 is 0 Å². The Labute approximate surface area is 371 Å². The van der Waals surface area contributed by atoms with Crippen LogP contribution in [0.2, 0.25) is 0 Å². The summed E-state index contributed by atoms with van der Waals surface area (Å²) in [5.41, 5.74) is 0. The summed E-state index contributed by atoms with van der Waals surface area (Å²) in [6, 6.07) is 0. The molecule has 0 rings (SSSR count). The summed E-state index contributed by atoms with van der Waals surface area (Å²) < 4.78 is 26.6. The topological polar surface area (TPSA) is 119 Å². The molecule has 0 spiro atoms. The lowest BCUT2D eigenvalue weighted by molar-refractivity contribution is -0.161. The molecule has 1 atom stereocenters. The average Bonchev–Trinajstić information content (AvgIpc) is 3.22. The molecule has 0 bridgehead atoms. The zero-order chi connectivity index (χ0) is 43.9. The number of ether oxygens (including phenoxy) is 2. The van der Waals surface area contributed by atoms with Crippen LogP contribution in [0.3, 0.4) is 0 Å². The van der Waals surface area contributed by atoms with Gasteiger partial charge in [0.1, 0.15) is 6.61 Å². The van der Waals surface area contributed by atoms with Crippen molar-refractivity contribution in [2.75, 3.05) is 13.2 Å². The van der Waals surface area contributed by atoms with E-state index in [9.17, 15) is 14.2 Å². The number of carbonyl (C=O) groups excluding carboxylic acids is 2. The van der Waals surface area contributed by atoms with E-state index in [1.165, 1.54) is 218 Å². The molecular weight excluding hydrogens is 772 g/mol. The highest BCUT2D eigenvalue weighted by molar-refractivity contribution is 7.46. The van der Waals surface area contributed by atoms with E-state index in [1.54, 1.807) is 0 Å². The van der Waals surface area contributed by atoms with Gasteiger partial charge in [-0.1, -0.05) is 244 Å². The van der Waals surface area contributed by atoms with Gasteiger partial charge in [-0.05, 0) is 38.5 Å². The normalized spacial score (nSPS) is 12.4. The van der Waals surface area contributed by atoms with Crippen LogP contribution < -0.4 is 0 Å². The lowest BCUT2D eigenvalue weighted by Crippen LogP contribution is -2.29. The van der Waals surface area contributed by atoms with Gasteiger partial charge in [0.25, 0.3) is 0 Å². The number of phosphoric ester groups is 1. The van der Waals surface area contributed by atoms with Crippen LogP contribution in [-0.4, -0.2) is 41.0 Å². The molecule has 0 aliphatic carbocycles. The number of hydrogen-bond donors (Lipinski definition) is 2. The highest BCUT2D eigenvalue weighted by Crippen LogP contribution is 2.36. The smallest absolute Gasteiger partial charge is 0.462 e. The molecule has 0 aromatic heterocycles. The van der Waals surface area contributed by atoms with Crippen LogP contribution in [0, 0.1) is 0 Å². The quantitative estimate of drug-likeness (QED) is 0.0268. The zero-order valence-electron chi connectivity index (χ0n) is 39.6. The Bertz CT molecular complexity index is 982. The maximum atomic E-state index is 12.5. The number of allylic oxidation sites excluding steroid dienone is 2. The van der Waals surface area contributed by atoms with Crippen LogP contribution in [0.1, 0.15) is 284 Å². The second-order valence-corrected chi connectivity index (χ2v) is 19.1. The molecule has 8 nitrogen and oxygen atoms in total. The van der Waals surface area contributed by atoms with Crippen LogP contribution in [0.5, 0.6) is 0 Å². The van der Waals surface area contributed by atoms with Crippen LogP contribution in [-0.2, 0) is 28.2 Å². The number of hydrogen-bond acceptors (Lipinski definition) is 6. The van der Waals surface area contributed by atoms with E-state index < -0.39 is 32.5 Å². The monoisotopic (exact) mass is 871 g/mol. The molecule has 2 N–H and O–H groups in total. The Balaban J connectivity index is 3.77. The van der Waals surface area contributed by atoms with Gasteiger partial charge in [0.15, 0.2) is 6.10 Å². The first-order valence-electron chi connectivity index (χ1n) is 26.0. The lowest BCUT2D eigenvalue weighted by Gasteiger charge is -2.18. The maximum Gasteiger partial charge on any atom is 0.469 e. The van der Waals surface area contributed by atoms with Gasteiger partial charge in [0.2, 0.25) is 0 Å². The van der Waals surface area contributed by atoms with Crippen LogP contribution in [0.15, 0.2) is 12.2 Å². The van der Waals surface area contributed by atoms with E-state index in [0.29, 0.717) is 6.42 Å². The Morgan fingerprint density at radius 2 is 0.700 bits per heavy atom. The molecule has 60 heavy (non-hydrogen) atoms. The van der Waals surface area contributed by atoms with Gasteiger partial charge in [0, 0.05) is 12.8 Å². The fourth-order valence-electron chi connectivity index (χ4n) is 7.90. The number of rotatable bonds is 49. The maximum absolute atomic E-state index is 12.5. The highest BCUT2D eigenvalue weighted by atomic mass is 31.2. The molecule has 0 aromatic rings. The minimum atomic E-state index is -4.76. The third-order valence-corrected chi connectivity index (χ3v) is 12.3. The van der Waals surface area contributed by atoms with Crippen molar-refractivity contribution in [3.63, 3.8) is 0 Å². The Morgan fingerprint density at radius 3 is 1.02 bits per heavy atom. The predicted molar refractivity (Wildman–Crippen MR) is 253 cm³/mol. The van der Waals surface area contributed by atoms with Gasteiger partial charge in [-0.25, -0.2) is 4.57 Å². The SMILES string of the molecule is CCCCCCCC/C=C\CCCCCCCCCCCCCC(=O)OC[C@H](COP(=O)(O)O)OC(=O)CCCCCCCCCCCCCCCCCCCCCCC. The third kappa shape index (κ3) is 49.4. The van der Waals surface area contributed by atoms with Gasteiger partial charge >= 0.3 is 19.8 Å². The highest BCUT2D eigenvalue weighted by Gasteiger charge is 2.23. The second-order valence-electron chi connectivity index (χ2n) is 17.9. The van der Waals surface area contributed by atoms with Crippen molar-refractivity contribution in [1.29, 1.82) is 0 Å². The number of esters is 2. The van der Waals surface area contributed by atoms with Crippen molar-refractivity contribution in [2.24, 2.45) is 0 Å². The minimum absolute atomic E-state index is 0.219. The van der Waals surface area contributed by atoms with Crippen molar-refractivity contribution >= 4 is 19.8 Å². The second kappa shape index (κ2) is 47.3. The average molecular weight is 871 g/mol. The van der Waals surface area contributed by atoms with Crippen LogP contribution in [0.25, 0.3) is 0 Å². The van der Waals surface area contributed by atoms with Gasteiger partial charge < -0.3 is 19.3 Å². The van der Waals surface area contributed by atoms with Gasteiger partial charge in [-0.3, -0.25) is 14.1 Å². The number of phosphoric acid groups is 1. The first-order chi connectivity index (χ1) is 29.3. The van der Waals surface area contributed by atoms with Gasteiger partial charge in [-0.2, -0.15) is 0 Å². The Morgan fingerprint density at radius 1 is 0.417 bits per heavy atom. The van der Waals surface area contributed by atoms with Crippen molar-refractivity contribution in [1.82, 2.24) is 0 Å². The van der Waals surface area contributed by atoms with Crippen LogP contribution >= 0.6 is 7.82 Å². The molecule has 0 amide bonds. The summed E-state index contributed by atoms with van der Waals surface area (Å²) in [6.07, 6.45) is 55.2. The fourth-order valence-corrected chi connectivity index (χ4v) is 8.26. The standard InChI is InChI=1S/C51H99O8P/c1-3-5-7-9-11-13-15-17-19-21-23-25-27-29-31-33-35-37-39-41-43-45-50(52)57-47-49(48-58-60(54,55)56)59-51(53)46-44-42-40-38-36-34-32-30-28-26-24-22-20-18-16-14-12-10-8-6-4-2/h17,19,49H,3-16,18,20-48H2,1-2H3,(H2,54,55,56)/b19-17-/t49-/m1/s1. The summed E-state index contributed by atoms with van der Waals surface area (Å²) in [5.74, 6) is -0.866. The van der Waals surface area contributed by atoms with Crippen LogP contribution in [0.4, 0.5) is 0 Å². The lowest BCUT2D eigenvalue weighted by atomic mass is 10.0. The minimum Gasteiger partial charge on any atom is -0.462 e. The van der Waals surface area contributed by atoms with Crippen molar-refractivity contribution in [2.45, 2.75) is 290 Å². The summed E-state index contributed by atoms with van der Waals surface area (Å²) in [7, 11) is -4.76. The summed E-state index contributed by atoms with van der Waals surface area (Å²) >= 11 is 0. The summed E-state index contributed by atoms with van der Waals surface area (Å²) in [5, 5.41) is 0. The molecule has 9 heteroatoms. The first-order valence-corrected chi connectivity index (χ1v) is 27.5. The summed E-state index contributed by atoms with van der Waals surface area (Å²) in [4.78, 5) is 43.1. The molecule has 0 aliphatic rings. The van der Waals surface area contributed by atoms with E-state index in [2.05, 4.69) is 30.5 Å². The van der Waals surface area contributed by atoms with Gasteiger partial charge in [-0.15, -0.1) is 0 Å². The molecule has 0 fully saturated rings. The zero-order valence-corrected chi connectivity index (χ0v) is 40.5. The van der Waals surface area contributed by atoms with E-state index in [4.69, 9.17) is 19.3 Å². The largest absolute Gasteiger partial charge is 0.469 e. The van der Waals surface area contributed by atoms with E-state index in [0.717, 1.165) is 32.1 Å². The molecule has 0 saturated heterocycles. The first kappa shape index (κ1) is 58.8.